The largest absolute Gasteiger partial charge is 0.478 e. The van der Waals surface area contributed by atoms with E-state index in [1.165, 1.54) is 6.07 Å². The molecular weight excluding hydrogens is 313 g/mol. The van der Waals surface area contributed by atoms with Gasteiger partial charge in [0.05, 0.1) is 15.6 Å². The second-order valence-electron chi connectivity index (χ2n) is 3.51. The number of carboxylic acids is 1. The third-order valence-electron chi connectivity index (χ3n) is 2.20. The summed E-state index contributed by atoms with van der Waals surface area (Å²) in [6.45, 7) is 3.61. The zero-order chi connectivity index (χ0) is 14.6. The number of aromatic carboxylic acids is 1. The molecule has 0 aromatic heterocycles. The number of carbonyl (C=O) groups is 1. The zero-order valence-corrected chi connectivity index (χ0v) is 12.0. The molecule has 0 aliphatic rings. The number of benzene rings is 1. The van der Waals surface area contributed by atoms with Crippen LogP contribution in [-0.4, -0.2) is 26.0 Å². The van der Waals surface area contributed by atoms with E-state index in [9.17, 15) is 13.2 Å². The van der Waals surface area contributed by atoms with Gasteiger partial charge in [0.1, 0.15) is 4.90 Å². The summed E-state index contributed by atoms with van der Waals surface area (Å²) in [6.07, 6.45) is 1.99. The predicted octanol–water partition coefficient (Wildman–Crippen LogP) is 2.55. The van der Waals surface area contributed by atoms with Gasteiger partial charge in [-0.25, -0.2) is 17.9 Å². The lowest BCUT2D eigenvalue weighted by Crippen LogP contribution is -2.25. The van der Waals surface area contributed by atoms with E-state index in [0.29, 0.717) is 6.42 Å². The van der Waals surface area contributed by atoms with Crippen molar-refractivity contribution in [3.63, 3.8) is 0 Å². The fourth-order valence-electron chi connectivity index (χ4n) is 1.31. The van der Waals surface area contributed by atoms with Gasteiger partial charge in [0.25, 0.3) is 0 Å². The third-order valence-corrected chi connectivity index (χ3v) is 4.52. The lowest BCUT2D eigenvalue weighted by atomic mass is 10.2. The number of nitrogens with one attached hydrogen (secondary N) is 1. The highest BCUT2D eigenvalue weighted by atomic mass is 35.5. The molecule has 104 valence electrons. The van der Waals surface area contributed by atoms with Crippen LogP contribution in [-0.2, 0) is 10.0 Å². The number of carboxylic acid groups (broad SMARTS) is 1. The fourth-order valence-corrected chi connectivity index (χ4v) is 3.27. The van der Waals surface area contributed by atoms with Gasteiger partial charge in [-0.15, -0.1) is 6.58 Å². The maximum atomic E-state index is 11.9. The molecule has 1 aromatic carbocycles. The minimum Gasteiger partial charge on any atom is -0.478 e. The van der Waals surface area contributed by atoms with Crippen LogP contribution in [0.15, 0.2) is 29.7 Å². The maximum absolute atomic E-state index is 11.9. The summed E-state index contributed by atoms with van der Waals surface area (Å²) in [5.74, 6) is -1.39. The van der Waals surface area contributed by atoms with Gasteiger partial charge >= 0.3 is 5.97 Å². The molecule has 0 aliphatic carbocycles. The smallest absolute Gasteiger partial charge is 0.338 e. The SMILES string of the molecule is C=CCCNS(=O)(=O)c1ccc(Cl)c(C(=O)O)c1Cl. The van der Waals surface area contributed by atoms with E-state index in [0.717, 1.165) is 6.07 Å². The molecule has 0 amide bonds. The van der Waals surface area contributed by atoms with Crippen molar-refractivity contribution >= 4 is 39.2 Å². The van der Waals surface area contributed by atoms with Crippen molar-refractivity contribution in [3.05, 3.63) is 40.4 Å². The lowest BCUT2D eigenvalue weighted by molar-refractivity contribution is 0.0697. The molecule has 0 bridgehead atoms. The molecule has 1 aromatic rings. The molecule has 0 heterocycles. The maximum Gasteiger partial charge on any atom is 0.338 e. The minimum atomic E-state index is -3.89. The third kappa shape index (κ3) is 3.70. The van der Waals surface area contributed by atoms with Crippen LogP contribution in [0.3, 0.4) is 0 Å². The Labute approximate surface area is 120 Å². The van der Waals surface area contributed by atoms with Gasteiger partial charge in [-0.2, -0.15) is 0 Å². The Morgan fingerprint density at radius 2 is 2.05 bits per heavy atom. The van der Waals surface area contributed by atoms with E-state index in [1.807, 2.05) is 0 Å². The van der Waals surface area contributed by atoms with Crippen molar-refractivity contribution in [2.45, 2.75) is 11.3 Å². The van der Waals surface area contributed by atoms with E-state index < -0.39 is 26.6 Å². The van der Waals surface area contributed by atoms with Crippen molar-refractivity contribution < 1.29 is 18.3 Å². The standard InChI is InChI=1S/C11H11Cl2NO4S/c1-2-3-6-14-19(17,18)8-5-4-7(12)9(10(8)13)11(15)16/h2,4-5,14H,1,3,6H2,(H,15,16). The summed E-state index contributed by atoms with van der Waals surface area (Å²) in [5.41, 5.74) is -0.435. The molecule has 0 saturated heterocycles. The topological polar surface area (TPSA) is 83.5 Å². The molecule has 0 fully saturated rings. The average molecular weight is 324 g/mol. The summed E-state index contributed by atoms with van der Waals surface area (Å²) in [6, 6.07) is 2.34. The van der Waals surface area contributed by atoms with E-state index >= 15 is 0 Å². The van der Waals surface area contributed by atoms with Gasteiger partial charge in [0.2, 0.25) is 10.0 Å². The molecule has 0 saturated carbocycles. The Balaban J connectivity index is 3.25. The number of sulfonamides is 1. The first-order valence-corrected chi connectivity index (χ1v) is 7.37. The van der Waals surface area contributed by atoms with E-state index in [-0.39, 0.29) is 16.5 Å². The van der Waals surface area contributed by atoms with Gasteiger partial charge in [-0.3, -0.25) is 0 Å². The van der Waals surface area contributed by atoms with Gasteiger partial charge in [0, 0.05) is 6.54 Å². The summed E-state index contributed by atoms with van der Waals surface area (Å²) in [5, 5.41) is 8.42. The van der Waals surface area contributed by atoms with Crippen LogP contribution in [0, 0.1) is 0 Å². The number of rotatable bonds is 6. The normalized spacial score (nSPS) is 11.3. The highest BCUT2D eigenvalue weighted by molar-refractivity contribution is 7.89. The molecule has 0 radical (unpaired) electrons. The quantitative estimate of drug-likeness (QED) is 0.622. The zero-order valence-electron chi connectivity index (χ0n) is 9.69. The molecule has 19 heavy (non-hydrogen) atoms. The lowest BCUT2D eigenvalue weighted by Gasteiger charge is -2.10. The van der Waals surface area contributed by atoms with Crippen LogP contribution >= 0.6 is 23.2 Å². The second-order valence-corrected chi connectivity index (χ2v) is 6.04. The monoisotopic (exact) mass is 323 g/mol. The highest BCUT2D eigenvalue weighted by Crippen LogP contribution is 2.30. The van der Waals surface area contributed by atoms with Crippen molar-refractivity contribution in [1.82, 2.24) is 4.72 Å². The summed E-state index contributed by atoms with van der Waals surface area (Å²) >= 11 is 11.5. The van der Waals surface area contributed by atoms with Crippen LogP contribution in [0.1, 0.15) is 16.8 Å². The Morgan fingerprint density at radius 3 is 2.58 bits per heavy atom. The highest BCUT2D eigenvalue weighted by Gasteiger charge is 2.24. The Bertz CT molecular complexity index is 613. The van der Waals surface area contributed by atoms with E-state index in [2.05, 4.69) is 11.3 Å². The Kier molecular flexibility index (Phi) is 5.37. The number of hydrogen-bond donors (Lipinski definition) is 2. The molecule has 0 atom stereocenters. The molecule has 1 rings (SSSR count). The van der Waals surface area contributed by atoms with Crippen molar-refractivity contribution in [3.8, 4) is 0 Å². The Morgan fingerprint density at radius 1 is 1.42 bits per heavy atom. The van der Waals surface area contributed by atoms with Crippen LogP contribution in [0.25, 0.3) is 0 Å². The van der Waals surface area contributed by atoms with Crippen molar-refractivity contribution in [1.29, 1.82) is 0 Å². The molecule has 2 N–H and O–H groups in total. The van der Waals surface area contributed by atoms with Gasteiger partial charge in [0.15, 0.2) is 0 Å². The summed E-state index contributed by atoms with van der Waals surface area (Å²) in [7, 11) is -3.89. The Hall–Kier alpha value is -1.08. The second kappa shape index (κ2) is 6.38. The first-order valence-electron chi connectivity index (χ1n) is 5.13. The van der Waals surface area contributed by atoms with E-state index in [4.69, 9.17) is 28.3 Å². The molecule has 5 nitrogen and oxygen atoms in total. The summed E-state index contributed by atoms with van der Waals surface area (Å²) in [4.78, 5) is 10.7. The molecule has 8 heteroatoms. The van der Waals surface area contributed by atoms with E-state index in [1.54, 1.807) is 6.08 Å². The van der Waals surface area contributed by atoms with Crippen LogP contribution in [0.2, 0.25) is 10.0 Å². The number of halogens is 2. The van der Waals surface area contributed by atoms with Crippen LogP contribution in [0.4, 0.5) is 0 Å². The molecule has 0 unspecified atom stereocenters. The van der Waals surface area contributed by atoms with Gasteiger partial charge < -0.3 is 5.11 Å². The van der Waals surface area contributed by atoms with Crippen LogP contribution in [0.5, 0.6) is 0 Å². The van der Waals surface area contributed by atoms with Crippen molar-refractivity contribution in [2.24, 2.45) is 0 Å². The first kappa shape index (κ1) is 16.0. The van der Waals surface area contributed by atoms with Gasteiger partial charge in [-0.1, -0.05) is 29.3 Å². The van der Waals surface area contributed by atoms with Gasteiger partial charge in [-0.05, 0) is 18.6 Å². The predicted molar refractivity (Wildman–Crippen MR) is 73.4 cm³/mol. The average Bonchev–Trinajstić information content (AvgIpc) is 2.28. The fraction of sp³-hybridized carbons (Fsp3) is 0.182. The molecule has 0 spiro atoms. The number of hydrogen-bond acceptors (Lipinski definition) is 3. The molecular formula is C11H11Cl2NO4S. The summed E-state index contributed by atoms with van der Waals surface area (Å²) < 4.78 is 26.2. The van der Waals surface area contributed by atoms with Crippen molar-refractivity contribution in [2.75, 3.05) is 6.54 Å². The molecule has 0 aliphatic heterocycles. The van der Waals surface area contributed by atoms with Crippen LogP contribution < -0.4 is 4.72 Å². The first-order chi connectivity index (χ1) is 8.81. The minimum absolute atomic E-state index is 0.123.